The zero-order valence-electron chi connectivity index (χ0n) is 14.9. The van der Waals surface area contributed by atoms with Gasteiger partial charge >= 0.3 is 5.97 Å². The van der Waals surface area contributed by atoms with E-state index in [0.717, 1.165) is 22.3 Å². The van der Waals surface area contributed by atoms with Crippen LogP contribution in [0.15, 0.2) is 48.5 Å². The molecule has 0 saturated carbocycles. The fraction of sp³-hybridized carbons (Fsp3) is 0.238. The lowest BCUT2D eigenvalue weighted by atomic mass is 10.1. The van der Waals surface area contributed by atoms with Gasteiger partial charge < -0.3 is 9.72 Å². The molecule has 134 valence electrons. The number of esters is 1. The smallest absolute Gasteiger partial charge is 0.316 e. The second kappa shape index (κ2) is 8.23. The molecule has 0 spiro atoms. The molecule has 26 heavy (non-hydrogen) atoms. The lowest BCUT2D eigenvalue weighted by Crippen LogP contribution is -2.16. The zero-order chi connectivity index (χ0) is 18.5. The normalized spacial score (nSPS) is 10.8. The molecule has 0 saturated heterocycles. The third-order valence-electron chi connectivity index (χ3n) is 4.15. The summed E-state index contributed by atoms with van der Waals surface area (Å²) in [5.74, 6) is 0.420. The number of ether oxygens (including phenoxy) is 1. The molecule has 1 heterocycles. The highest BCUT2D eigenvalue weighted by Gasteiger charge is 2.17. The van der Waals surface area contributed by atoms with Gasteiger partial charge in [0.2, 0.25) is 5.78 Å². The van der Waals surface area contributed by atoms with Gasteiger partial charge in [-0.25, -0.2) is 0 Å². The molecule has 0 radical (unpaired) electrons. The van der Waals surface area contributed by atoms with E-state index >= 15 is 0 Å². The minimum absolute atomic E-state index is 0.183. The summed E-state index contributed by atoms with van der Waals surface area (Å²) in [6, 6.07) is 15.8. The molecule has 2 aromatic carbocycles. The van der Waals surface area contributed by atoms with E-state index in [0.29, 0.717) is 5.56 Å². The number of fused-ring (bicyclic) bond motifs is 1. The number of benzene rings is 2. The van der Waals surface area contributed by atoms with Gasteiger partial charge in [-0.05, 0) is 25.5 Å². The lowest BCUT2D eigenvalue weighted by molar-refractivity contribution is -0.139. The van der Waals surface area contributed by atoms with Gasteiger partial charge in [-0.3, -0.25) is 9.59 Å². The molecule has 3 rings (SSSR count). The number of ketones is 1. The highest BCUT2D eigenvalue weighted by atomic mass is 32.2. The molecule has 0 atom stereocenters. The van der Waals surface area contributed by atoms with Gasteiger partial charge in [-0.1, -0.05) is 48.0 Å². The van der Waals surface area contributed by atoms with E-state index in [1.807, 2.05) is 38.1 Å². The first-order chi connectivity index (χ1) is 12.5. The van der Waals surface area contributed by atoms with Crippen LogP contribution in [0.5, 0.6) is 0 Å². The minimum Gasteiger partial charge on any atom is -0.457 e. The predicted octanol–water partition coefficient (Wildman–Crippen LogP) is 4.44. The van der Waals surface area contributed by atoms with E-state index in [2.05, 4.69) is 29.2 Å². The maximum absolute atomic E-state index is 12.5. The van der Waals surface area contributed by atoms with Crippen molar-refractivity contribution in [2.75, 3.05) is 12.4 Å². The molecule has 0 aliphatic carbocycles. The topological polar surface area (TPSA) is 59.2 Å². The highest BCUT2D eigenvalue weighted by molar-refractivity contribution is 7.99. The summed E-state index contributed by atoms with van der Waals surface area (Å²) in [5, 5.41) is 0.861. The maximum Gasteiger partial charge on any atom is 0.316 e. The number of hydrogen-bond donors (Lipinski definition) is 1. The number of para-hydroxylation sites is 1. The summed E-state index contributed by atoms with van der Waals surface area (Å²) in [6.07, 6.45) is 0. The molecule has 0 unspecified atom stereocenters. The Kier molecular flexibility index (Phi) is 5.78. The fourth-order valence-corrected chi connectivity index (χ4v) is 3.61. The fourth-order valence-electron chi connectivity index (χ4n) is 2.83. The van der Waals surface area contributed by atoms with Crippen molar-refractivity contribution in [3.8, 4) is 0 Å². The summed E-state index contributed by atoms with van der Waals surface area (Å²) in [6.45, 7) is 3.67. The molecule has 0 bridgehead atoms. The van der Waals surface area contributed by atoms with Crippen LogP contribution in [-0.4, -0.2) is 29.1 Å². The SMILES string of the molecule is Cc1ccc(CSCC(=O)OCC(=O)c2c(C)[nH]c3ccccc23)cc1. The van der Waals surface area contributed by atoms with Crippen LogP contribution in [0.1, 0.15) is 27.2 Å². The summed E-state index contributed by atoms with van der Waals surface area (Å²) >= 11 is 1.48. The molecule has 1 N–H and O–H groups in total. The maximum atomic E-state index is 12.5. The highest BCUT2D eigenvalue weighted by Crippen LogP contribution is 2.22. The Hall–Kier alpha value is -2.53. The Labute approximate surface area is 156 Å². The van der Waals surface area contributed by atoms with Crippen LogP contribution < -0.4 is 0 Å². The van der Waals surface area contributed by atoms with Gasteiger partial charge in [0.15, 0.2) is 6.61 Å². The molecule has 0 amide bonds. The first-order valence-corrected chi connectivity index (χ1v) is 9.59. The average molecular weight is 367 g/mol. The Balaban J connectivity index is 1.50. The number of thioether (sulfide) groups is 1. The number of carbonyl (C=O) groups is 2. The van der Waals surface area contributed by atoms with E-state index in [4.69, 9.17) is 4.74 Å². The molecule has 5 heteroatoms. The van der Waals surface area contributed by atoms with Crippen LogP contribution in [0.4, 0.5) is 0 Å². The van der Waals surface area contributed by atoms with Crippen molar-refractivity contribution in [1.29, 1.82) is 0 Å². The molecular weight excluding hydrogens is 346 g/mol. The third kappa shape index (κ3) is 4.35. The quantitative estimate of drug-likeness (QED) is 0.495. The number of aromatic amines is 1. The number of Topliss-reactive ketones (excluding diaryl/α,β-unsaturated/α-hetero) is 1. The van der Waals surface area contributed by atoms with Crippen molar-refractivity contribution >= 4 is 34.4 Å². The van der Waals surface area contributed by atoms with E-state index in [9.17, 15) is 9.59 Å². The van der Waals surface area contributed by atoms with E-state index in [1.165, 1.54) is 22.9 Å². The first kappa shape index (κ1) is 18.3. The molecular formula is C21H21NO3S. The van der Waals surface area contributed by atoms with Gasteiger partial charge in [-0.15, -0.1) is 11.8 Å². The van der Waals surface area contributed by atoms with E-state index in [1.54, 1.807) is 0 Å². The van der Waals surface area contributed by atoms with Crippen LogP contribution in [0, 0.1) is 13.8 Å². The number of carbonyl (C=O) groups excluding carboxylic acids is 2. The zero-order valence-corrected chi connectivity index (χ0v) is 15.7. The van der Waals surface area contributed by atoms with E-state index in [-0.39, 0.29) is 24.1 Å². The molecule has 0 fully saturated rings. The summed E-state index contributed by atoms with van der Waals surface area (Å²) in [7, 11) is 0. The minimum atomic E-state index is -0.368. The Morgan fingerprint density at radius 3 is 2.54 bits per heavy atom. The summed E-state index contributed by atoms with van der Waals surface area (Å²) < 4.78 is 5.17. The van der Waals surface area contributed by atoms with Crippen molar-refractivity contribution in [3.05, 3.63) is 70.9 Å². The van der Waals surface area contributed by atoms with Gasteiger partial charge in [0.1, 0.15) is 0 Å². The number of hydrogen-bond acceptors (Lipinski definition) is 4. The largest absolute Gasteiger partial charge is 0.457 e. The average Bonchev–Trinajstić information content (AvgIpc) is 2.97. The van der Waals surface area contributed by atoms with Crippen molar-refractivity contribution < 1.29 is 14.3 Å². The van der Waals surface area contributed by atoms with Gasteiger partial charge in [0.05, 0.1) is 5.75 Å². The second-order valence-electron chi connectivity index (χ2n) is 6.23. The Morgan fingerprint density at radius 1 is 1.04 bits per heavy atom. The Morgan fingerprint density at radius 2 is 1.77 bits per heavy atom. The van der Waals surface area contributed by atoms with Crippen LogP contribution in [-0.2, 0) is 15.3 Å². The van der Waals surface area contributed by atoms with Crippen molar-refractivity contribution in [2.45, 2.75) is 19.6 Å². The third-order valence-corrected chi connectivity index (χ3v) is 5.12. The lowest BCUT2D eigenvalue weighted by Gasteiger charge is -2.05. The van der Waals surface area contributed by atoms with Crippen molar-refractivity contribution in [2.24, 2.45) is 0 Å². The molecule has 0 aliphatic heterocycles. The number of aryl methyl sites for hydroxylation is 2. The monoisotopic (exact) mass is 367 g/mol. The van der Waals surface area contributed by atoms with Crippen LogP contribution in [0.2, 0.25) is 0 Å². The number of H-pyrrole nitrogens is 1. The van der Waals surface area contributed by atoms with Crippen LogP contribution >= 0.6 is 11.8 Å². The van der Waals surface area contributed by atoms with Gasteiger partial charge in [-0.2, -0.15) is 0 Å². The summed E-state index contributed by atoms with van der Waals surface area (Å²) in [5.41, 5.74) is 4.68. The molecule has 0 aliphatic rings. The molecule has 1 aromatic heterocycles. The summed E-state index contributed by atoms with van der Waals surface area (Å²) in [4.78, 5) is 27.6. The number of aromatic nitrogens is 1. The predicted molar refractivity (Wildman–Crippen MR) is 106 cm³/mol. The van der Waals surface area contributed by atoms with E-state index < -0.39 is 0 Å². The molecule has 4 nitrogen and oxygen atoms in total. The second-order valence-corrected chi connectivity index (χ2v) is 7.22. The van der Waals surface area contributed by atoms with Crippen LogP contribution in [0.25, 0.3) is 10.9 Å². The van der Waals surface area contributed by atoms with Gasteiger partial charge in [0, 0.05) is 27.9 Å². The van der Waals surface area contributed by atoms with Crippen molar-refractivity contribution in [1.82, 2.24) is 4.98 Å². The molecule has 3 aromatic rings. The van der Waals surface area contributed by atoms with Crippen LogP contribution in [0.3, 0.4) is 0 Å². The van der Waals surface area contributed by atoms with Crippen molar-refractivity contribution in [3.63, 3.8) is 0 Å². The first-order valence-electron chi connectivity index (χ1n) is 8.44. The number of nitrogens with one attached hydrogen (secondary N) is 1. The standard InChI is InChI=1S/C21H21NO3S/c1-14-7-9-16(10-8-14)12-26-13-20(24)25-11-19(23)21-15(2)22-18-6-4-3-5-17(18)21/h3-10,22H,11-13H2,1-2H3. The Bertz CT molecular complexity index is 928. The van der Waals surface area contributed by atoms with Gasteiger partial charge in [0.25, 0.3) is 0 Å². The number of rotatable bonds is 7.